The molecule has 0 aliphatic rings. The van der Waals surface area contributed by atoms with Crippen LogP contribution in [0.2, 0.25) is 5.02 Å². The van der Waals surface area contributed by atoms with E-state index in [9.17, 15) is 0 Å². The van der Waals surface area contributed by atoms with E-state index in [1.807, 2.05) is 0 Å². The topological polar surface area (TPSA) is 49.7 Å². The molecule has 0 aliphatic carbocycles. The van der Waals surface area contributed by atoms with Crippen molar-refractivity contribution >= 4 is 70.3 Å². The number of benzene rings is 1. The molecule has 1 aromatic rings. The molecule has 3 nitrogen and oxygen atoms in total. The van der Waals surface area contributed by atoms with Crippen LogP contribution in [0.1, 0.15) is 0 Å². The quantitative estimate of drug-likeness (QED) is 0.681. The summed E-state index contributed by atoms with van der Waals surface area (Å²) in [4.78, 5) is 0. The molecule has 1 rings (SSSR count). The van der Waals surface area contributed by atoms with E-state index >= 15 is 0 Å². The van der Waals surface area contributed by atoms with Gasteiger partial charge in [0.15, 0.2) is 0 Å². The Morgan fingerprint density at radius 1 is 1.17 bits per heavy atom. The second-order valence-electron chi connectivity index (χ2n) is 1.90. The van der Waals surface area contributed by atoms with Crippen LogP contribution in [0.4, 0.5) is 0 Å². The molecule has 0 aliphatic heterocycles. The predicted octanol–water partition coefficient (Wildman–Crippen LogP) is 0.0398. The third kappa shape index (κ3) is 4.84. The van der Waals surface area contributed by atoms with Gasteiger partial charge in [0.1, 0.15) is 5.75 Å². The Labute approximate surface area is 118 Å². The van der Waals surface area contributed by atoms with Crippen LogP contribution in [-0.2, 0) is 0 Å². The van der Waals surface area contributed by atoms with Gasteiger partial charge in [0.2, 0.25) is 0 Å². The number of halogens is 1. The van der Waals surface area contributed by atoms with Crippen LogP contribution in [0.5, 0.6) is 5.75 Å². The van der Waals surface area contributed by atoms with Crippen molar-refractivity contribution in [2.45, 2.75) is 0 Å². The Bertz CT molecular complexity index is 229. The van der Waals surface area contributed by atoms with E-state index in [4.69, 9.17) is 21.6 Å². The molecule has 6 heteroatoms. The monoisotopic (exact) mass is 212 g/mol. The Morgan fingerprint density at radius 2 is 1.67 bits per heavy atom. The number of hydrogen-bond acceptors (Lipinski definition) is 3. The molecule has 60 valence electrons. The number of hydrogen-bond donors (Lipinski definition) is 2. The molecule has 0 unspecified atom stereocenters. The van der Waals surface area contributed by atoms with Crippen LogP contribution in [-0.4, -0.2) is 68.8 Å². The van der Waals surface area contributed by atoms with Crippen molar-refractivity contribution in [3.8, 4) is 5.75 Å². The fourth-order valence-electron chi connectivity index (χ4n) is 0.635. The first-order valence-electron chi connectivity index (χ1n) is 2.97. The summed E-state index contributed by atoms with van der Waals surface area (Å²) in [5, 5.41) is 17.3. The Balaban J connectivity index is 0.00000121. The third-order valence-corrected chi connectivity index (χ3v) is 1.31. The SMILES string of the molecule is OB(O)Oc1ccc(Cl)cc1.[KH]. The standard InChI is InChI=1S/C6H6BClO3.K.H/c8-5-1-3-6(4-2-5)11-7(9)10;;/h1-4,9-10H;;. The van der Waals surface area contributed by atoms with Crippen LogP contribution < -0.4 is 4.65 Å². The Morgan fingerprint density at radius 3 is 2.08 bits per heavy atom. The van der Waals surface area contributed by atoms with Gasteiger partial charge in [-0.05, 0) is 24.3 Å². The molecule has 0 fully saturated rings. The minimum atomic E-state index is -1.78. The van der Waals surface area contributed by atoms with Gasteiger partial charge in [-0.25, -0.2) is 0 Å². The van der Waals surface area contributed by atoms with Gasteiger partial charge in [0, 0.05) is 5.02 Å². The maximum atomic E-state index is 8.38. The van der Waals surface area contributed by atoms with Gasteiger partial charge in [-0.1, -0.05) is 11.6 Å². The fraction of sp³-hybridized carbons (Fsp3) is 0. The normalized spacial score (nSPS) is 8.58. The molecule has 0 spiro atoms. The minimum absolute atomic E-state index is 0. The zero-order valence-electron chi connectivity index (χ0n) is 5.57. The molecule has 0 bridgehead atoms. The van der Waals surface area contributed by atoms with Crippen LogP contribution >= 0.6 is 11.6 Å². The van der Waals surface area contributed by atoms with Crippen molar-refractivity contribution < 1.29 is 14.7 Å². The molecule has 1 aromatic carbocycles. The van der Waals surface area contributed by atoms with Gasteiger partial charge in [-0.15, -0.1) is 0 Å². The molecule has 0 saturated heterocycles. The van der Waals surface area contributed by atoms with Crippen molar-refractivity contribution in [2.75, 3.05) is 0 Å². The van der Waals surface area contributed by atoms with Crippen molar-refractivity contribution in [3.05, 3.63) is 29.3 Å². The summed E-state index contributed by atoms with van der Waals surface area (Å²) >= 11 is 5.57. The molecule has 0 radical (unpaired) electrons. The van der Waals surface area contributed by atoms with Gasteiger partial charge in [-0.2, -0.15) is 0 Å². The van der Waals surface area contributed by atoms with E-state index in [0.29, 0.717) is 10.8 Å². The zero-order valence-corrected chi connectivity index (χ0v) is 6.32. The van der Waals surface area contributed by atoms with Crippen molar-refractivity contribution in [1.29, 1.82) is 0 Å². The molecular formula is C6H7BClKO3. The molecule has 0 atom stereocenters. The summed E-state index contributed by atoms with van der Waals surface area (Å²) in [5.74, 6) is 0.365. The van der Waals surface area contributed by atoms with Crippen LogP contribution in [0.3, 0.4) is 0 Å². The molecule has 0 amide bonds. The van der Waals surface area contributed by atoms with Gasteiger partial charge >= 0.3 is 58.7 Å². The van der Waals surface area contributed by atoms with Crippen LogP contribution in [0, 0.1) is 0 Å². The summed E-state index contributed by atoms with van der Waals surface area (Å²) in [6.45, 7) is 0. The van der Waals surface area contributed by atoms with E-state index in [1.165, 1.54) is 0 Å². The van der Waals surface area contributed by atoms with E-state index in [2.05, 4.69) is 4.65 Å². The Hall–Kier alpha value is 0.931. The molecule has 0 aromatic heterocycles. The Kier molecular flexibility index (Phi) is 6.89. The van der Waals surface area contributed by atoms with E-state index in [0.717, 1.165) is 0 Å². The molecule has 0 saturated carbocycles. The summed E-state index contributed by atoms with van der Waals surface area (Å²) in [6, 6.07) is 6.28. The van der Waals surface area contributed by atoms with Gasteiger partial charge < -0.3 is 14.7 Å². The van der Waals surface area contributed by atoms with Crippen molar-refractivity contribution in [3.63, 3.8) is 0 Å². The number of rotatable bonds is 2. The fourth-order valence-corrected chi connectivity index (χ4v) is 0.761. The zero-order chi connectivity index (χ0) is 8.27. The van der Waals surface area contributed by atoms with Crippen molar-refractivity contribution in [1.82, 2.24) is 0 Å². The third-order valence-electron chi connectivity index (χ3n) is 1.06. The van der Waals surface area contributed by atoms with E-state index in [1.54, 1.807) is 24.3 Å². The molecule has 0 heterocycles. The van der Waals surface area contributed by atoms with Gasteiger partial charge in [0.05, 0.1) is 0 Å². The molecular weight excluding hydrogens is 205 g/mol. The summed E-state index contributed by atoms with van der Waals surface area (Å²) in [5.41, 5.74) is 0. The summed E-state index contributed by atoms with van der Waals surface area (Å²) in [6.07, 6.45) is 0. The summed E-state index contributed by atoms with van der Waals surface area (Å²) < 4.78 is 4.52. The predicted molar refractivity (Wildman–Crippen MR) is 49.4 cm³/mol. The first kappa shape index (κ1) is 12.9. The van der Waals surface area contributed by atoms with E-state index in [-0.39, 0.29) is 51.4 Å². The molecule has 2 N–H and O–H groups in total. The van der Waals surface area contributed by atoms with Crippen molar-refractivity contribution in [2.24, 2.45) is 0 Å². The second kappa shape index (κ2) is 6.39. The van der Waals surface area contributed by atoms with Gasteiger partial charge in [0.25, 0.3) is 0 Å². The first-order valence-corrected chi connectivity index (χ1v) is 3.34. The average molecular weight is 212 g/mol. The maximum absolute atomic E-state index is 8.38. The summed E-state index contributed by atoms with van der Waals surface area (Å²) in [7, 11) is -1.78. The average Bonchev–Trinajstić information content (AvgIpc) is 1.93. The van der Waals surface area contributed by atoms with Crippen LogP contribution in [0.25, 0.3) is 0 Å². The second-order valence-corrected chi connectivity index (χ2v) is 2.33. The molecule has 12 heavy (non-hydrogen) atoms. The van der Waals surface area contributed by atoms with Crippen LogP contribution in [0.15, 0.2) is 24.3 Å². The van der Waals surface area contributed by atoms with E-state index < -0.39 is 7.32 Å². The first-order chi connectivity index (χ1) is 5.18. The van der Waals surface area contributed by atoms with Gasteiger partial charge in [-0.3, -0.25) is 0 Å².